The van der Waals surface area contributed by atoms with E-state index in [4.69, 9.17) is 0 Å². The summed E-state index contributed by atoms with van der Waals surface area (Å²) < 4.78 is 1.70. The number of hydrogen-bond donors (Lipinski definition) is 0. The predicted molar refractivity (Wildman–Crippen MR) is 71.6 cm³/mol. The lowest BCUT2D eigenvalue weighted by Crippen LogP contribution is -2.50. The second kappa shape index (κ2) is 6.09. The maximum Gasteiger partial charge on any atom is 0.202 e. The molecule has 1 heterocycles. The summed E-state index contributed by atoms with van der Waals surface area (Å²) >= 11 is 0. The van der Waals surface area contributed by atoms with E-state index in [1.54, 1.807) is 10.9 Å². The summed E-state index contributed by atoms with van der Waals surface area (Å²) in [5, 5.41) is 7.84. The lowest BCUT2D eigenvalue weighted by molar-refractivity contribution is 0.0657. The molecule has 0 bridgehead atoms. The third kappa shape index (κ3) is 2.77. The summed E-state index contributed by atoms with van der Waals surface area (Å²) in [6.07, 6.45) is 2.51. The minimum atomic E-state index is -0.517. The summed E-state index contributed by atoms with van der Waals surface area (Å²) in [6.45, 7) is 12.6. The maximum atomic E-state index is 12.6. The Morgan fingerprint density at radius 1 is 1.33 bits per heavy atom. The number of carbonyl (C=O) groups excluding carboxylic acids is 1. The highest BCUT2D eigenvalue weighted by atomic mass is 16.1. The summed E-state index contributed by atoms with van der Waals surface area (Å²) in [5.41, 5.74) is 0.0882. The first-order chi connectivity index (χ1) is 8.48. The smallest absolute Gasteiger partial charge is 0.202 e. The normalized spacial score (nSPS) is 12.1. The summed E-state index contributed by atoms with van der Waals surface area (Å²) in [6, 6.07) is 0. The van der Waals surface area contributed by atoms with Crippen molar-refractivity contribution in [3.63, 3.8) is 0 Å². The molecule has 0 N–H and O–H groups in total. The van der Waals surface area contributed by atoms with E-state index in [0.717, 1.165) is 26.1 Å². The molecule has 0 radical (unpaired) electrons. The molecule has 0 aliphatic rings. The van der Waals surface area contributed by atoms with Crippen LogP contribution in [-0.4, -0.2) is 44.3 Å². The summed E-state index contributed by atoms with van der Waals surface area (Å²) in [7, 11) is 0. The molecule has 0 spiro atoms. The lowest BCUT2D eigenvalue weighted by atomic mass is 9.94. The summed E-state index contributed by atoms with van der Waals surface area (Å²) in [4.78, 5) is 14.8. The number of carbonyl (C=O) groups is 1. The van der Waals surface area contributed by atoms with Gasteiger partial charge in [-0.15, -0.1) is 5.10 Å². The van der Waals surface area contributed by atoms with Crippen molar-refractivity contribution in [3.8, 4) is 0 Å². The van der Waals surface area contributed by atoms with Gasteiger partial charge >= 0.3 is 0 Å². The average Bonchev–Trinajstić information content (AvgIpc) is 2.78. The fourth-order valence-electron chi connectivity index (χ4n) is 2.28. The zero-order valence-electron chi connectivity index (χ0n) is 12.1. The van der Waals surface area contributed by atoms with Gasteiger partial charge in [-0.1, -0.05) is 26.0 Å². The number of likely N-dealkylation sites (N-methyl/N-ethyl adjacent to an activating group) is 1. The van der Waals surface area contributed by atoms with Gasteiger partial charge in [0.25, 0.3) is 0 Å². The second-order valence-electron chi connectivity index (χ2n) is 4.90. The molecular formula is C13H24N4O. The lowest BCUT2D eigenvalue weighted by Gasteiger charge is -2.35. The Hall–Kier alpha value is -1.23. The fraction of sp³-hybridized carbons (Fsp3) is 0.769. The third-order valence-electron chi connectivity index (χ3n) is 3.40. The van der Waals surface area contributed by atoms with Gasteiger partial charge in [0.15, 0.2) is 0 Å². The van der Waals surface area contributed by atoms with Crippen molar-refractivity contribution in [2.24, 2.45) is 0 Å². The Kier molecular flexibility index (Phi) is 5.02. The molecule has 102 valence electrons. The Labute approximate surface area is 109 Å². The van der Waals surface area contributed by atoms with Crippen LogP contribution in [0.15, 0.2) is 6.20 Å². The standard InChI is InChI=1S/C13H24N4O/c1-6-9-17-11(10-14-15-17)12(18)13(4,5)16(7-2)8-3/h10H,6-9H2,1-5H3. The molecule has 0 atom stereocenters. The monoisotopic (exact) mass is 252 g/mol. The number of Topliss-reactive ketones (excluding diaryl/α,β-unsaturated/α-hetero) is 1. The van der Waals surface area contributed by atoms with Gasteiger partial charge in [-0.05, 0) is 33.4 Å². The van der Waals surface area contributed by atoms with Crippen LogP contribution >= 0.6 is 0 Å². The first-order valence-electron chi connectivity index (χ1n) is 6.67. The molecular weight excluding hydrogens is 228 g/mol. The molecule has 0 saturated heterocycles. The predicted octanol–water partition coefficient (Wildman–Crippen LogP) is 1.99. The molecule has 5 nitrogen and oxygen atoms in total. The Bertz CT molecular complexity index is 393. The molecule has 0 unspecified atom stereocenters. The largest absolute Gasteiger partial charge is 0.292 e. The number of aromatic nitrogens is 3. The molecule has 0 fully saturated rings. The Morgan fingerprint density at radius 3 is 2.44 bits per heavy atom. The van der Waals surface area contributed by atoms with Crippen molar-refractivity contribution in [1.29, 1.82) is 0 Å². The van der Waals surface area contributed by atoms with E-state index in [0.29, 0.717) is 5.69 Å². The van der Waals surface area contributed by atoms with Gasteiger partial charge in [0.2, 0.25) is 5.78 Å². The van der Waals surface area contributed by atoms with Crippen LogP contribution in [-0.2, 0) is 6.54 Å². The zero-order chi connectivity index (χ0) is 13.8. The SMILES string of the molecule is CCCn1nncc1C(=O)C(C)(C)N(CC)CC. The van der Waals surface area contributed by atoms with E-state index in [1.165, 1.54) is 0 Å². The molecule has 0 amide bonds. The highest BCUT2D eigenvalue weighted by molar-refractivity contribution is 6.01. The minimum Gasteiger partial charge on any atom is -0.292 e. The Balaban J connectivity index is 3.01. The maximum absolute atomic E-state index is 12.6. The first kappa shape index (κ1) is 14.8. The van der Waals surface area contributed by atoms with E-state index in [1.807, 2.05) is 13.8 Å². The number of aryl methyl sites for hydroxylation is 1. The van der Waals surface area contributed by atoms with Crippen molar-refractivity contribution in [2.45, 2.75) is 53.1 Å². The first-order valence-corrected chi connectivity index (χ1v) is 6.67. The van der Waals surface area contributed by atoms with Crippen LogP contribution in [0.5, 0.6) is 0 Å². The second-order valence-corrected chi connectivity index (χ2v) is 4.90. The molecule has 5 heteroatoms. The topological polar surface area (TPSA) is 51.0 Å². The van der Waals surface area contributed by atoms with Crippen LogP contribution in [0.4, 0.5) is 0 Å². The molecule has 0 aromatic carbocycles. The minimum absolute atomic E-state index is 0.0876. The Morgan fingerprint density at radius 2 is 1.94 bits per heavy atom. The number of nitrogens with zero attached hydrogens (tertiary/aromatic N) is 4. The van der Waals surface area contributed by atoms with E-state index in [2.05, 4.69) is 36.0 Å². The van der Waals surface area contributed by atoms with Crippen molar-refractivity contribution < 1.29 is 4.79 Å². The van der Waals surface area contributed by atoms with Gasteiger partial charge in [-0.2, -0.15) is 0 Å². The van der Waals surface area contributed by atoms with Crippen molar-refractivity contribution in [1.82, 2.24) is 19.9 Å². The van der Waals surface area contributed by atoms with Crippen molar-refractivity contribution in [2.75, 3.05) is 13.1 Å². The number of rotatable bonds is 7. The molecule has 0 aliphatic carbocycles. The van der Waals surface area contributed by atoms with Gasteiger partial charge in [-0.3, -0.25) is 9.69 Å². The van der Waals surface area contributed by atoms with Gasteiger partial charge in [0.1, 0.15) is 5.69 Å². The van der Waals surface area contributed by atoms with Crippen LogP contribution in [0.2, 0.25) is 0 Å². The van der Waals surface area contributed by atoms with Gasteiger partial charge in [0.05, 0.1) is 11.7 Å². The van der Waals surface area contributed by atoms with Crippen LogP contribution in [0, 0.1) is 0 Å². The van der Waals surface area contributed by atoms with Crippen LogP contribution in [0.1, 0.15) is 51.5 Å². The van der Waals surface area contributed by atoms with E-state index in [9.17, 15) is 4.79 Å². The third-order valence-corrected chi connectivity index (χ3v) is 3.40. The van der Waals surface area contributed by atoms with Crippen LogP contribution in [0.25, 0.3) is 0 Å². The molecule has 1 rings (SSSR count). The molecule has 1 aromatic heterocycles. The van der Waals surface area contributed by atoms with Gasteiger partial charge < -0.3 is 0 Å². The van der Waals surface area contributed by atoms with E-state index in [-0.39, 0.29) is 5.78 Å². The van der Waals surface area contributed by atoms with E-state index >= 15 is 0 Å². The molecule has 18 heavy (non-hydrogen) atoms. The van der Waals surface area contributed by atoms with Gasteiger partial charge in [-0.25, -0.2) is 4.68 Å². The highest BCUT2D eigenvalue weighted by Gasteiger charge is 2.35. The molecule has 0 aliphatic heterocycles. The molecule has 0 saturated carbocycles. The van der Waals surface area contributed by atoms with Crippen LogP contribution in [0.3, 0.4) is 0 Å². The summed E-state index contributed by atoms with van der Waals surface area (Å²) in [5.74, 6) is 0.0876. The molecule has 1 aromatic rings. The van der Waals surface area contributed by atoms with Crippen molar-refractivity contribution >= 4 is 5.78 Å². The number of ketones is 1. The van der Waals surface area contributed by atoms with Crippen molar-refractivity contribution in [3.05, 3.63) is 11.9 Å². The van der Waals surface area contributed by atoms with Gasteiger partial charge in [0, 0.05) is 6.54 Å². The quantitative estimate of drug-likeness (QED) is 0.696. The zero-order valence-corrected chi connectivity index (χ0v) is 12.1. The number of hydrogen-bond acceptors (Lipinski definition) is 4. The average molecular weight is 252 g/mol. The van der Waals surface area contributed by atoms with E-state index < -0.39 is 5.54 Å². The highest BCUT2D eigenvalue weighted by Crippen LogP contribution is 2.19. The fourth-order valence-corrected chi connectivity index (χ4v) is 2.28. The van der Waals surface area contributed by atoms with Crippen LogP contribution < -0.4 is 0 Å².